The van der Waals surface area contributed by atoms with E-state index in [1.165, 1.54) is 6.20 Å². The number of aromatic nitrogens is 1. The van der Waals surface area contributed by atoms with Gasteiger partial charge in [-0.15, -0.1) is 0 Å². The Labute approximate surface area is 148 Å². The molecule has 0 bridgehead atoms. The second kappa shape index (κ2) is 8.61. The standard InChI is InChI=1S/C19H27FN2O3/c1-2-24-19(23)10-15(14-3-4-14)16-9-18(22-11-17(16)20)25-12-13-5-7-21-8-6-13/h9,11,13-15,21H,2-8,10,12H2,1H3. The van der Waals surface area contributed by atoms with E-state index in [-0.39, 0.29) is 24.1 Å². The molecule has 2 heterocycles. The van der Waals surface area contributed by atoms with Crippen LogP contribution in [0.2, 0.25) is 0 Å². The van der Waals surface area contributed by atoms with E-state index in [4.69, 9.17) is 9.47 Å². The summed E-state index contributed by atoms with van der Waals surface area (Å²) in [5.74, 6) is 0.518. The monoisotopic (exact) mass is 350 g/mol. The van der Waals surface area contributed by atoms with Crippen LogP contribution < -0.4 is 10.1 Å². The molecule has 1 atom stereocenters. The van der Waals surface area contributed by atoms with Gasteiger partial charge >= 0.3 is 5.97 Å². The maximum atomic E-state index is 14.4. The van der Waals surface area contributed by atoms with Gasteiger partial charge in [-0.25, -0.2) is 9.37 Å². The maximum Gasteiger partial charge on any atom is 0.306 e. The highest BCUT2D eigenvalue weighted by Crippen LogP contribution is 2.45. The predicted molar refractivity (Wildman–Crippen MR) is 92.0 cm³/mol. The number of esters is 1. The van der Waals surface area contributed by atoms with E-state index < -0.39 is 0 Å². The third-order valence-electron chi connectivity index (χ3n) is 5.07. The van der Waals surface area contributed by atoms with Crippen molar-refractivity contribution in [3.8, 4) is 5.88 Å². The van der Waals surface area contributed by atoms with E-state index in [2.05, 4.69) is 10.3 Å². The summed E-state index contributed by atoms with van der Waals surface area (Å²) in [6.45, 7) is 4.76. The van der Waals surface area contributed by atoms with E-state index in [1.54, 1.807) is 13.0 Å². The number of hydrogen-bond donors (Lipinski definition) is 1. The third kappa shape index (κ3) is 5.14. The fourth-order valence-electron chi connectivity index (χ4n) is 3.48. The van der Waals surface area contributed by atoms with Crippen molar-refractivity contribution in [1.82, 2.24) is 10.3 Å². The highest BCUT2D eigenvalue weighted by Gasteiger charge is 2.36. The van der Waals surface area contributed by atoms with Gasteiger partial charge in [0.05, 0.1) is 25.8 Å². The van der Waals surface area contributed by atoms with Gasteiger partial charge in [0.25, 0.3) is 0 Å². The van der Waals surface area contributed by atoms with E-state index >= 15 is 0 Å². The summed E-state index contributed by atoms with van der Waals surface area (Å²) in [6, 6.07) is 1.68. The Morgan fingerprint density at radius 3 is 2.80 bits per heavy atom. The highest BCUT2D eigenvalue weighted by atomic mass is 19.1. The van der Waals surface area contributed by atoms with Crippen molar-refractivity contribution in [1.29, 1.82) is 0 Å². The largest absolute Gasteiger partial charge is 0.477 e. The normalized spacial score (nSPS) is 19.4. The average Bonchev–Trinajstić information content (AvgIpc) is 3.45. The van der Waals surface area contributed by atoms with Gasteiger partial charge in [-0.05, 0) is 63.1 Å². The van der Waals surface area contributed by atoms with Crippen molar-refractivity contribution in [2.45, 2.75) is 44.9 Å². The van der Waals surface area contributed by atoms with Crippen LogP contribution in [0.5, 0.6) is 5.88 Å². The second-order valence-corrected chi connectivity index (χ2v) is 7.00. The number of carbonyl (C=O) groups excluding carboxylic acids is 1. The molecule has 0 amide bonds. The van der Waals surface area contributed by atoms with Crippen molar-refractivity contribution in [2.24, 2.45) is 11.8 Å². The molecule has 1 aliphatic heterocycles. The molecule has 6 heteroatoms. The lowest BCUT2D eigenvalue weighted by Gasteiger charge is -2.23. The first-order chi connectivity index (χ1) is 12.2. The lowest BCUT2D eigenvalue weighted by atomic mass is 9.91. The van der Waals surface area contributed by atoms with Crippen molar-refractivity contribution >= 4 is 5.97 Å². The summed E-state index contributed by atoms with van der Waals surface area (Å²) < 4.78 is 25.2. The first kappa shape index (κ1) is 18.1. The number of nitrogens with one attached hydrogen (secondary N) is 1. The number of nitrogens with zero attached hydrogens (tertiary/aromatic N) is 1. The van der Waals surface area contributed by atoms with Crippen LogP contribution in [-0.4, -0.2) is 37.3 Å². The molecular formula is C19H27FN2O3. The Balaban J connectivity index is 1.67. The number of halogens is 1. The molecule has 1 aliphatic carbocycles. The van der Waals surface area contributed by atoms with Crippen LogP contribution >= 0.6 is 0 Å². The molecule has 1 saturated heterocycles. The zero-order chi connectivity index (χ0) is 17.6. The summed E-state index contributed by atoms with van der Waals surface area (Å²) in [7, 11) is 0. The molecular weight excluding hydrogens is 323 g/mol. The fraction of sp³-hybridized carbons (Fsp3) is 0.684. The summed E-state index contributed by atoms with van der Waals surface area (Å²) in [5, 5.41) is 3.33. The van der Waals surface area contributed by atoms with Crippen LogP contribution in [-0.2, 0) is 9.53 Å². The van der Waals surface area contributed by atoms with Crippen molar-refractivity contribution in [3.63, 3.8) is 0 Å². The van der Waals surface area contributed by atoms with E-state index in [9.17, 15) is 9.18 Å². The van der Waals surface area contributed by atoms with Gasteiger partial charge in [0.1, 0.15) is 5.82 Å². The topological polar surface area (TPSA) is 60.5 Å². The van der Waals surface area contributed by atoms with Crippen LogP contribution in [0.1, 0.15) is 50.5 Å². The molecule has 1 aromatic rings. The second-order valence-electron chi connectivity index (χ2n) is 7.00. The van der Waals surface area contributed by atoms with Gasteiger partial charge in [0, 0.05) is 12.0 Å². The quantitative estimate of drug-likeness (QED) is 0.730. The number of piperidine rings is 1. The van der Waals surface area contributed by atoms with E-state index in [0.717, 1.165) is 38.8 Å². The number of rotatable bonds is 8. The zero-order valence-corrected chi connectivity index (χ0v) is 14.8. The Kier molecular flexibility index (Phi) is 6.24. The minimum atomic E-state index is -0.365. The van der Waals surface area contributed by atoms with Gasteiger partial charge in [-0.1, -0.05) is 0 Å². The molecule has 1 saturated carbocycles. The molecule has 25 heavy (non-hydrogen) atoms. The summed E-state index contributed by atoms with van der Waals surface area (Å²) >= 11 is 0. The van der Waals surface area contributed by atoms with Crippen LogP contribution in [0.25, 0.3) is 0 Å². The first-order valence-electron chi connectivity index (χ1n) is 9.32. The first-order valence-corrected chi connectivity index (χ1v) is 9.32. The lowest BCUT2D eigenvalue weighted by Crippen LogP contribution is -2.30. The van der Waals surface area contributed by atoms with Crippen LogP contribution in [0, 0.1) is 17.7 Å². The van der Waals surface area contributed by atoms with Gasteiger partial charge in [-0.3, -0.25) is 4.79 Å². The molecule has 0 aromatic carbocycles. The Hall–Kier alpha value is -1.69. The van der Waals surface area contributed by atoms with Crippen LogP contribution in [0.15, 0.2) is 12.3 Å². The molecule has 0 radical (unpaired) electrons. The number of pyridine rings is 1. The van der Waals surface area contributed by atoms with Crippen molar-refractivity contribution in [2.75, 3.05) is 26.3 Å². The maximum absolute atomic E-state index is 14.4. The molecule has 1 unspecified atom stereocenters. The predicted octanol–water partition coefficient (Wildman–Crippen LogP) is 3.05. The fourth-order valence-corrected chi connectivity index (χ4v) is 3.48. The average molecular weight is 350 g/mol. The molecule has 2 fully saturated rings. The minimum absolute atomic E-state index is 0.150. The van der Waals surface area contributed by atoms with Gasteiger partial charge in [0.15, 0.2) is 0 Å². The molecule has 2 aliphatic rings. The molecule has 0 spiro atoms. The van der Waals surface area contributed by atoms with Crippen molar-refractivity contribution in [3.05, 3.63) is 23.6 Å². The number of hydrogen-bond acceptors (Lipinski definition) is 5. The highest BCUT2D eigenvalue weighted by molar-refractivity contribution is 5.70. The van der Waals surface area contributed by atoms with Gasteiger partial charge in [0.2, 0.25) is 5.88 Å². The van der Waals surface area contributed by atoms with E-state index in [1.807, 2.05) is 0 Å². The molecule has 5 nitrogen and oxygen atoms in total. The number of carbonyl (C=O) groups is 1. The molecule has 138 valence electrons. The van der Waals surface area contributed by atoms with E-state index in [0.29, 0.717) is 36.5 Å². The van der Waals surface area contributed by atoms with Gasteiger partial charge in [-0.2, -0.15) is 0 Å². The Morgan fingerprint density at radius 2 is 2.12 bits per heavy atom. The molecule has 1 aromatic heterocycles. The van der Waals surface area contributed by atoms with Crippen LogP contribution in [0.4, 0.5) is 4.39 Å². The summed E-state index contributed by atoms with van der Waals surface area (Å²) in [4.78, 5) is 16.0. The van der Waals surface area contributed by atoms with Crippen LogP contribution in [0.3, 0.4) is 0 Å². The number of ether oxygens (including phenoxy) is 2. The SMILES string of the molecule is CCOC(=O)CC(c1cc(OCC2CCNCC2)ncc1F)C1CC1. The van der Waals surface area contributed by atoms with Crippen molar-refractivity contribution < 1.29 is 18.7 Å². The minimum Gasteiger partial charge on any atom is -0.477 e. The zero-order valence-electron chi connectivity index (χ0n) is 14.8. The summed E-state index contributed by atoms with van der Waals surface area (Å²) in [6.07, 6.45) is 5.65. The summed E-state index contributed by atoms with van der Waals surface area (Å²) in [5.41, 5.74) is 0.533. The Morgan fingerprint density at radius 1 is 1.36 bits per heavy atom. The van der Waals surface area contributed by atoms with Gasteiger partial charge < -0.3 is 14.8 Å². The third-order valence-corrected chi connectivity index (χ3v) is 5.07. The lowest BCUT2D eigenvalue weighted by molar-refractivity contribution is -0.143. The molecule has 3 rings (SSSR count). The smallest absolute Gasteiger partial charge is 0.306 e. The molecule has 1 N–H and O–H groups in total. The Bertz CT molecular complexity index is 586.